The second-order valence-corrected chi connectivity index (χ2v) is 6.04. The molecule has 108 valence electrons. The number of aliphatic imine (C=N–C) groups is 1. The Hall–Kier alpha value is -1.52. The molecule has 21 heavy (non-hydrogen) atoms. The molecule has 0 aliphatic carbocycles. The molecule has 2 aromatic carbocycles. The molecule has 0 spiro atoms. The molecule has 0 atom stereocenters. The molecule has 2 nitrogen and oxygen atoms in total. The molecular weight excluding hydrogens is 309 g/mol. The van der Waals surface area contributed by atoms with Gasteiger partial charge in [-0.15, -0.1) is 11.8 Å². The number of rotatable bonds is 4. The molecule has 0 unspecified atom stereocenters. The molecule has 0 N–H and O–H groups in total. The molecule has 0 radical (unpaired) electrons. The highest BCUT2D eigenvalue weighted by Crippen LogP contribution is 2.24. The molecule has 3 rings (SSSR count). The van der Waals surface area contributed by atoms with E-state index < -0.39 is 0 Å². The molecular formula is C16H13ClFNOS. The topological polar surface area (TPSA) is 21.6 Å². The Morgan fingerprint density at radius 1 is 1.24 bits per heavy atom. The van der Waals surface area contributed by atoms with Crippen molar-refractivity contribution in [2.75, 3.05) is 12.3 Å². The van der Waals surface area contributed by atoms with E-state index in [0.717, 1.165) is 22.9 Å². The average molecular weight is 322 g/mol. The maximum Gasteiger partial charge on any atom is 0.131 e. The van der Waals surface area contributed by atoms with E-state index >= 15 is 0 Å². The number of ether oxygens (including phenoxy) is 1. The van der Waals surface area contributed by atoms with Crippen molar-refractivity contribution >= 4 is 28.4 Å². The Balaban J connectivity index is 1.75. The molecule has 0 amide bonds. The van der Waals surface area contributed by atoms with E-state index in [-0.39, 0.29) is 12.4 Å². The highest BCUT2D eigenvalue weighted by Gasteiger charge is 2.11. The van der Waals surface area contributed by atoms with Crippen LogP contribution in [-0.4, -0.2) is 17.3 Å². The Kier molecular flexibility index (Phi) is 4.46. The number of benzene rings is 2. The third-order valence-electron chi connectivity index (χ3n) is 3.11. The van der Waals surface area contributed by atoms with E-state index in [0.29, 0.717) is 16.3 Å². The standard InChI is InChI=1S/C16H13ClFNOS/c17-14-5-2-6-15(18)13(14)10-20-12-4-1-3-11(9-12)16-19-7-8-21-16/h1-6,9H,7-8,10H2. The van der Waals surface area contributed by atoms with Crippen LogP contribution in [0, 0.1) is 5.82 Å². The van der Waals surface area contributed by atoms with Gasteiger partial charge in [-0.3, -0.25) is 4.99 Å². The van der Waals surface area contributed by atoms with Crippen LogP contribution in [0.1, 0.15) is 11.1 Å². The summed E-state index contributed by atoms with van der Waals surface area (Å²) in [4.78, 5) is 4.44. The zero-order valence-corrected chi connectivity index (χ0v) is 12.8. The highest BCUT2D eigenvalue weighted by atomic mass is 35.5. The Morgan fingerprint density at radius 2 is 2.10 bits per heavy atom. The smallest absolute Gasteiger partial charge is 0.131 e. The van der Waals surface area contributed by atoms with Gasteiger partial charge in [0.2, 0.25) is 0 Å². The fourth-order valence-corrected chi connectivity index (χ4v) is 3.12. The van der Waals surface area contributed by atoms with Crippen LogP contribution in [0.5, 0.6) is 5.75 Å². The van der Waals surface area contributed by atoms with Crippen molar-refractivity contribution in [3.05, 3.63) is 64.4 Å². The number of halogens is 2. The molecule has 0 saturated carbocycles. The summed E-state index contributed by atoms with van der Waals surface area (Å²) < 4.78 is 19.4. The molecule has 0 fully saturated rings. The van der Waals surface area contributed by atoms with Gasteiger partial charge in [-0.1, -0.05) is 29.8 Å². The minimum absolute atomic E-state index is 0.106. The minimum atomic E-state index is -0.352. The molecule has 1 aliphatic heterocycles. The number of nitrogens with zero attached hydrogens (tertiary/aromatic N) is 1. The molecule has 1 heterocycles. The Bertz CT molecular complexity index is 669. The van der Waals surface area contributed by atoms with Gasteiger partial charge in [-0.05, 0) is 24.3 Å². The monoisotopic (exact) mass is 321 g/mol. The van der Waals surface area contributed by atoms with Crippen LogP contribution < -0.4 is 4.74 Å². The quantitative estimate of drug-likeness (QED) is 0.824. The lowest BCUT2D eigenvalue weighted by atomic mass is 10.2. The van der Waals surface area contributed by atoms with Gasteiger partial charge in [0.25, 0.3) is 0 Å². The zero-order valence-electron chi connectivity index (χ0n) is 11.2. The summed E-state index contributed by atoms with van der Waals surface area (Å²) in [6.45, 7) is 0.963. The Morgan fingerprint density at radius 3 is 2.86 bits per heavy atom. The van der Waals surface area contributed by atoms with Crippen LogP contribution in [0.4, 0.5) is 4.39 Å². The summed E-state index contributed by atoms with van der Waals surface area (Å²) in [6.07, 6.45) is 0. The fourth-order valence-electron chi connectivity index (χ4n) is 2.05. The van der Waals surface area contributed by atoms with Crippen molar-refractivity contribution < 1.29 is 9.13 Å². The summed E-state index contributed by atoms with van der Waals surface area (Å²) in [6, 6.07) is 12.3. The lowest BCUT2D eigenvalue weighted by molar-refractivity contribution is 0.300. The highest BCUT2D eigenvalue weighted by molar-refractivity contribution is 8.14. The first-order valence-electron chi connectivity index (χ1n) is 6.57. The van der Waals surface area contributed by atoms with Crippen molar-refractivity contribution in [3.63, 3.8) is 0 Å². The minimum Gasteiger partial charge on any atom is -0.489 e. The van der Waals surface area contributed by atoms with E-state index in [1.54, 1.807) is 23.9 Å². The van der Waals surface area contributed by atoms with Crippen LogP contribution in [0.2, 0.25) is 5.02 Å². The lowest BCUT2D eigenvalue weighted by Gasteiger charge is -2.10. The maximum atomic E-state index is 13.7. The number of hydrogen-bond acceptors (Lipinski definition) is 3. The SMILES string of the molecule is Fc1cccc(Cl)c1COc1cccc(C2=NCCS2)c1. The van der Waals surface area contributed by atoms with Crippen molar-refractivity contribution in [3.8, 4) is 5.75 Å². The van der Waals surface area contributed by atoms with Gasteiger partial charge in [-0.2, -0.15) is 0 Å². The number of hydrogen-bond donors (Lipinski definition) is 0. The molecule has 0 saturated heterocycles. The zero-order chi connectivity index (χ0) is 14.7. The largest absolute Gasteiger partial charge is 0.489 e. The van der Waals surface area contributed by atoms with Gasteiger partial charge in [-0.25, -0.2) is 4.39 Å². The average Bonchev–Trinajstić information content (AvgIpc) is 3.01. The first kappa shape index (κ1) is 14.4. The molecule has 2 aromatic rings. The predicted molar refractivity (Wildman–Crippen MR) is 86.0 cm³/mol. The third kappa shape index (κ3) is 3.39. The second-order valence-electron chi connectivity index (χ2n) is 4.55. The van der Waals surface area contributed by atoms with E-state index in [1.807, 2.05) is 24.3 Å². The van der Waals surface area contributed by atoms with Gasteiger partial charge >= 0.3 is 0 Å². The van der Waals surface area contributed by atoms with Crippen molar-refractivity contribution in [2.45, 2.75) is 6.61 Å². The van der Waals surface area contributed by atoms with Crippen LogP contribution in [0.25, 0.3) is 0 Å². The van der Waals surface area contributed by atoms with Crippen molar-refractivity contribution in [1.29, 1.82) is 0 Å². The second kappa shape index (κ2) is 6.50. The van der Waals surface area contributed by atoms with Crippen LogP contribution in [0.15, 0.2) is 47.5 Å². The maximum absolute atomic E-state index is 13.7. The van der Waals surface area contributed by atoms with Gasteiger partial charge in [0.1, 0.15) is 18.2 Å². The van der Waals surface area contributed by atoms with E-state index in [2.05, 4.69) is 4.99 Å². The molecule has 5 heteroatoms. The van der Waals surface area contributed by atoms with Gasteiger partial charge in [0.05, 0.1) is 10.1 Å². The summed E-state index contributed by atoms with van der Waals surface area (Å²) in [5.41, 5.74) is 1.41. The first-order chi connectivity index (χ1) is 10.2. The van der Waals surface area contributed by atoms with Gasteiger partial charge < -0.3 is 4.74 Å². The molecule has 0 bridgehead atoms. The van der Waals surface area contributed by atoms with Crippen molar-refractivity contribution in [1.82, 2.24) is 0 Å². The van der Waals surface area contributed by atoms with E-state index in [1.165, 1.54) is 6.07 Å². The fraction of sp³-hybridized carbons (Fsp3) is 0.188. The summed E-state index contributed by atoms with van der Waals surface area (Å²) in [7, 11) is 0. The summed E-state index contributed by atoms with van der Waals surface area (Å²) in [5, 5.41) is 1.41. The van der Waals surface area contributed by atoms with Crippen LogP contribution in [-0.2, 0) is 6.61 Å². The molecule has 0 aromatic heterocycles. The normalized spacial score (nSPS) is 14.1. The van der Waals surface area contributed by atoms with E-state index in [4.69, 9.17) is 16.3 Å². The van der Waals surface area contributed by atoms with Crippen LogP contribution >= 0.6 is 23.4 Å². The van der Waals surface area contributed by atoms with Crippen LogP contribution in [0.3, 0.4) is 0 Å². The third-order valence-corrected chi connectivity index (χ3v) is 4.49. The lowest BCUT2D eigenvalue weighted by Crippen LogP contribution is -2.00. The van der Waals surface area contributed by atoms with E-state index in [9.17, 15) is 4.39 Å². The first-order valence-corrected chi connectivity index (χ1v) is 7.94. The Labute approximate surface area is 132 Å². The molecule has 1 aliphatic rings. The predicted octanol–water partition coefficient (Wildman–Crippen LogP) is 4.55. The van der Waals surface area contributed by atoms with Gasteiger partial charge in [0.15, 0.2) is 0 Å². The summed E-state index contributed by atoms with van der Waals surface area (Å²) >= 11 is 7.73. The summed E-state index contributed by atoms with van der Waals surface area (Å²) in [5.74, 6) is 1.35. The number of thioether (sulfide) groups is 1. The van der Waals surface area contributed by atoms with Gasteiger partial charge in [0, 0.05) is 23.4 Å². The van der Waals surface area contributed by atoms with Crippen molar-refractivity contribution in [2.24, 2.45) is 4.99 Å².